The molecule has 7 heteroatoms. The van der Waals surface area contributed by atoms with E-state index in [2.05, 4.69) is 0 Å². The van der Waals surface area contributed by atoms with Crippen LogP contribution in [0.15, 0.2) is 47.4 Å². The van der Waals surface area contributed by atoms with Gasteiger partial charge in [0.1, 0.15) is 5.82 Å². The second-order valence-electron chi connectivity index (χ2n) is 5.43. The van der Waals surface area contributed by atoms with E-state index in [9.17, 15) is 17.6 Å². The number of hydrogen-bond donors (Lipinski definition) is 0. The predicted molar refractivity (Wildman–Crippen MR) is 87.0 cm³/mol. The maximum Gasteiger partial charge on any atom is 0.338 e. The first-order valence-electron chi connectivity index (χ1n) is 7.43. The van der Waals surface area contributed by atoms with Crippen LogP contribution in [0.5, 0.6) is 0 Å². The number of fused-ring (bicyclic) bond motifs is 1. The summed E-state index contributed by atoms with van der Waals surface area (Å²) in [4.78, 5) is 11.8. The van der Waals surface area contributed by atoms with Crippen LogP contribution in [0.1, 0.15) is 22.3 Å². The molecule has 0 saturated heterocycles. The van der Waals surface area contributed by atoms with Gasteiger partial charge in [-0.1, -0.05) is 12.1 Å². The Morgan fingerprint density at radius 1 is 1.21 bits per heavy atom. The third kappa shape index (κ3) is 2.75. The minimum Gasteiger partial charge on any atom is -0.465 e. The van der Waals surface area contributed by atoms with Crippen LogP contribution < -0.4 is 4.31 Å². The van der Waals surface area contributed by atoms with Gasteiger partial charge in [-0.2, -0.15) is 0 Å². The molecule has 0 spiro atoms. The summed E-state index contributed by atoms with van der Waals surface area (Å²) in [6.07, 6.45) is 1.14. The fourth-order valence-corrected chi connectivity index (χ4v) is 4.46. The maximum atomic E-state index is 13.4. The van der Waals surface area contributed by atoms with E-state index in [1.54, 1.807) is 18.2 Å². The lowest BCUT2D eigenvalue weighted by Crippen LogP contribution is -2.36. The van der Waals surface area contributed by atoms with Gasteiger partial charge in [0.25, 0.3) is 10.0 Å². The van der Waals surface area contributed by atoms with Crippen LogP contribution in [-0.4, -0.2) is 28.0 Å². The lowest BCUT2D eigenvalue weighted by Gasteiger charge is -2.31. The van der Waals surface area contributed by atoms with E-state index in [0.29, 0.717) is 29.7 Å². The van der Waals surface area contributed by atoms with Crippen LogP contribution >= 0.6 is 0 Å². The highest BCUT2D eigenvalue weighted by molar-refractivity contribution is 7.92. The molecule has 0 unspecified atom stereocenters. The van der Waals surface area contributed by atoms with Gasteiger partial charge in [-0.15, -0.1) is 0 Å². The van der Waals surface area contributed by atoms with Crippen LogP contribution in [0, 0.1) is 5.82 Å². The number of methoxy groups -OCH3 is 1. The molecule has 0 aliphatic carbocycles. The number of sulfonamides is 1. The molecular formula is C17H16FNO4S. The Kier molecular flexibility index (Phi) is 4.28. The van der Waals surface area contributed by atoms with Crippen molar-refractivity contribution in [1.29, 1.82) is 0 Å². The van der Waals surface area contributed by atoms with E-state index in [1.807, 2.05) is 0 Å². The third-order valence-corrected chi connectivity index (χ3v) is 5.81. The standard InChI is InChI=1S/C17H16FNO4S/c1-23-17(20)15-7-3-9-16-14(15)8-4-10-19(16)24(21,22)13-6-2-5-12(18)11-13/h2-3,5-7,9,11H,4,8,10H2,1H3. The van der Waals surface area contributed by atoms with Crippen molar-refractivity contribution >= 4 is 21.7 Å². The fourth-order valence-electron chi connectivity index (χ4n) is 2.90. The zero-order valence-electron chi connectivity index (χ0n) is 13.0. The Hall–Kier alpha value is -2.41. The highest BCUT2D eigenvalue weighted by Crippen LogP contribution is 2.34. The van der Waals surface area contributed by atoms with Crippen molar-refractivity contribution in [2.75, 3.05) is 18.0 Å². The summed E-state index contributed by atoms with van der Waals surface area (Å²) >= 11 is 0. The Balaban J connectivity index is 2.12. The quantitative estimate of drug-likeness (QED) is 0.800. The van der Waals surface area contributed by atoms with Crippen LogP contribution in [0.2, 0.25) is 0 Å². The Morgan fingerprint density at radius 2 is 1.96 bits per heavy atom. The largest absolute Gasteiger partial charge is 0.465 e. The molecule has 0 saturated carbocycles. The average Bonchev–Trinajstić information content (AvgIpc) is 2.60. The molecule has 1 aliphatic rings. The number of carbonyl (C=O) groups is 1. The molecule has 0 N–H and O–H groups in total. The first-order valence-corrected chi connectivity index (χ1v) is 8.87. The topological polar surface area (TPSA) is 63.7 Å². The molecule has 1 heterocycles. The van der Waals surface area contributed by atoms with Crippen LogP contribution in [0.25, 0.3) is 0 Å². The van der Waals surface area contributed by atoms with E-state index in [1.165, 1.54) is 29.6 Å². The van der Waals surface area contributed by atoms with Crippen LogP contribution in [-0.2, 0) is 21.2 Å². The van der Waals surface area contributed by atoms with Gasteiger partial charge in [0.2, 0.25) is 0 Å². The van der Waals surface area contributed by atoms with Crippen molar-refractivity contribution in [3.8, 4) is 0 Å². The lowest BCUT2D eigenvalue weighted by molar-refractivity contribution is 0.0599. The highest BCUT2D eigenvalue weighted by Gasteiger charge is 2.31. The molecule has 5 nitrogen and oxygen atoms in total. The zero-order chi connectivity index (χ0) is 17.3. The van der Waals surface area contributed by atoms with Gasteiger partial charge >= 0.3 is 5.97 Å². The summed E-state index contributed by atoms with van der Waals surface area (Å²) in [7, 11) is -2.62. The lowest BCUT2D eigenvalue weighted by atomic mass is 9.98. The van der Waals surface area contributed by atoms with E-state index in [-0.39, 0.29) is 11.4 Å². The molecular weight excluding hydrogens is 333 g/mol. The van der Waals surface area contributed by atoms with Gasteiger partial charge in [-0.25, -0.2) is 17.6 Å². The van der Waals surface area contributed by atoms with Crippen molar-refractivity contribution in [2.24, 2.45) is 0 Å². The molecule has 24 heavy (non-hydrogen) atoms. The molecule has 0 fully saturated rings. The van der Waals surface area contributed by atoms with Crippen LogP contribution in [0.3, 0.4) is 0 Å². The van der Waals surface area contributed by atoms with E-state index >= 15 is 0 Å². The summed E-state index contributed by atoms with van der Waals surface area (Å²) in [6.45, 7) is 0.274. The molecule has 0 bridgehead atoms. The third-order valence-electron chi connectivity index (χ3n) is 4.00. The van der Waals surface area contributed by atoms with Gasteiger partial charge in [0.15, 0.2) is 0 Å². The summed E-state index contributed by atoms with van der Waals surface area (Å²) in [5.41, 5.74) is 1.43. The van der Waals surface area contributed by atoms with E-state index in [4.69, 9.17) is 4.74 Å². The zero-order valence-corrected chi connectivity index (χ0v) is 13.8. The highest BCUT2D eigenvalue weighted by atomic mass is 32.2. The van der Waals surface area contributed by atoms with Gasteiger partial charge < -0.3 is 4.74 Å². The molecule has 0 atom stereocenters. The first kappa shape index (κ1) is 16.4. The summed E-state index contributed by atoms with van der Waals surface area (Å²) in [5, 5.41) is 0. The molecule has 0 radical (unpaired) electrons. The van der Waals surface area contributed by atoms with Crippen molar-refractivity contribution in [3.05, 3.63) is 59.4 Å². The number of halogens is 1. The Bertz CT molecular complexity index is 895. The monoisotopic (exact) mass is 349 g/mol. The molecule has 3 rings (SSSR count). The normalized spacial score (nSPS) is 14.2. The predicted octanol–water partition coefficient (Wildman–Crippen LogP) is 2.75. The van der Waals surface area contributed by atoms with Crippen molar-refractivity contribution < 1.29 is 22.3 Å². The van der Waals surface area contributed by atoms with Gasteiger partial charge in [0.05, 0.1) is 23.3 Å². The number of carbonyl (C=O) groups excluding carboxylic acids is 1. The van der Waals surface area contributed by atoms with E-state index < -0.39 is 21.8 Å². The molecule has 2 aromatic rings. The number of nitrogens with zero attached hydrogens (tertiary/aromatic N) is 1. The van der Waals surface area contributed by atoms with Gasteiger partial charge in [-0.05, 0) is 48.7 Å². The van der Waals surface area contributed by atoms with Crippen LogP contribution in [0.4, 0.5) is 10.1 Å². The average molecular weight is 349 g/mol. The molecule has 126 valence electrons. The maximum absolute atomic E-state index is 13.4. The number of esters is 1. The molecule has 1 aliphatic heterocycles. The molecule has 2 aromatic carbocycles. The number of anilines is 1. The van der Waals surface area contributed by atoms with Gasteiger partial charge in [0, 0.05) is 6.54 Å². The first-order chi connectivity index (χ1) is 11.4. The van der Waals surface area contributed by atoms with Crippen molar-refractivity contribution in [3.63, 3.8) is 0 Å². The second kappa shape index (κ2) is 6.24. The summed E-state index contributed by atoms with van der Waals surface area (Å²) in [5.74, 6) is -1.12. The van der Waals surface area contributed by atoms with Crippen molar-refractivity contribution in [2.45, 2.75) is 17.7 Å². The molecule has 0 amide bonds. The Morgan fingerprint density at radius 3 is 2.67 bits per heavy atom. The minimum absolute atomic E-state index is 0.112. The minimum atomic E-state index is -3.91. The summed E-state index contributed by atoms with van der Waals surface area (Å²) < 4.78 is 45.2. The number of hydrogen-bond acceptors (Lipinski definition) is 4. The smallest absolute Gasteiger partial charge is 0.338 e. The van der Waals surface area contributed by atoms with E-state index in [0.717, 1.165) is 6.07 Å². The number of ether oxygens (including phenoxy) is 1. The molecule has 0 aromatic heterocycles. The number of rotatable bonds is 3. The Labute approximate surface area is 139 Å². The second-order valence-corrected chi connectivity index (χ2v) is 7.30. The number of benzene rings is 2. The fraction of sp³-hybridized carbons (Fsp3) is 0.235. The van der Waals surface area contributed by atoms with Gasteiger partial charge in [-0.3, -0.25) is 4.31 Å². The van der Waals surface area contributed by atoms with Crippen molar-refractivity contribution in [1.82, 2.24) is 0 Å². The SMILES string of the molecule is COC(=O)c1cccc2c1CCCN2S(=O)(=O)c1cccc(F)c1. The summed E-state index contributed by atoms with van der Waals surface area (Å²) in [6, 6.07) is 9.78.